The highest BCUT2D eigenvalue weighted by Crippen LogP contribution is 2.47. The molecule has 0 aromatic rings. The Morgan fingerprint density at radius 2 is 0.421 bits per heavy atom. The van der Waals surface area contributed by atoms with E-state index in [1.807, 2.05) is 0 Å². The summed E-state index contributed by atoms with van der Waals surface area (Å²) in [7, 11) is 1.56. The summed E-state index contributed by atoms with van der Waals surface area (Å²) in [6.45, 7) is 0. The third-order valence-electron chi connectivity index (χ3n) is 12.6. The number of hydrogen-bond donors (Lipinski definition) is 0. The molecule has 218 valence electrons. The molecule has 0 aromatic carbocycles. The van der Waals surface area contributed by atoms with Gasteiger partial charge in [0.15, 0.2) is 0 Å². The van der Waals surface area contributed by atoms with Gasteiger partial charge in [0.1, 0.15) is 31.5 Å². The van der Waals surface area contributed by atoms with Crippen molar-refractivity contribution in [3.63, 3.8) is 0 Å². The number of hydrogen-bond acceptors (Lipinski definition) is 0. The Balaban J connectivity index is 1.02. The molecule has 6 fully saturated rings. The van der Waals surface area contributed by atoms with Crippen LogP contribution < -0.4 is 0 Å². The first-order chi connectivity index (χ1) is 18.9. The Morgan fingerprint density at radius 3 is 0.658 bits per heavy atom. The lowest BCUT2D eigenvalue weighted by Crippen LogP contribution is -2.45. The van der Waals surface area contributed by atoms with Gasteiger partial charge in [-0.15, -0.1) is 0 Å². The zero-order valence-corrected chi connectivity index (χ0v) is 26.9. The van der Waals surface area contributed by atoms with Crippen molar-refractivity contribution in [3.05, 3.63) is 0 Å². The number of rotatable bonds is 7. The van der Waals surface area contributed by atoms with Crippen LogP contribution in [0.25, 0.3) is 0 Å². The predicted molar refractivity (Wildman–Crippen MR) is 174 cm³/mol. The first kappa shape index (κ1) is 28.8. The van der Waals surface area contributed by atoms with Crippen LogP contribution in [0, 0.1) is 11.8 Å². The molecule has 0 N–H and O–H groups in total. The van der Waals surface area contributed by atoms with E-state index in [4.69, 9.17) is 0 Å². The molecular weight excluding hydrogens is 497 g/mol. The van der Waals surface area contributed by atoms with Gasteiger partial charge < -0.3 is 0 Å². The van der Waals surface area contributed by atoms with Gasteiger partial charge in [0.25, 0.3) is 0 Å². The van der Waals surface area contributed by atoms with Crippen LogP contribution >= 0.6 is 0 Å². The summed E-state index contributed by atoms with van der Waals surface area (Å²) < 4.78 is 0. The molecule has 0 nitrogen and oxygen atoms in total. The van der Waals surface area contributed by atoms with Crippen molar-refractivity contribution in [3.8, 4) is 0 Å². The van der Waals surface area contributed by atoms with E-state index in [0.29, 0.717) is 0 Å². The normalized spacial score (nSPS) is 36.2. The standard InChI is InChI=1S/C36H64S2/c1-5-13-31(14-6-1)37(32-15-7-2-8-16-32)35-25-21-29(22-26-35)30-23-27-36(28-24-30)38(33-17-9-3-10-18-33)34-19-11-4-12-20-34/h29-36H,1-28H2/q+2. The molecule has 6 aliphatic rings. The quantitative estimate of drug-likeness (QED) is 0.272. The lowest BCUT2D eigenvalue weighted by molar-refractivity contribution is 0.199. The van der Waals surface area contributed by atoms with Gasteiger partial charge in [-0.2, -0.15) is 0 Å². The van der Waals surface area contributed by atoms with Gasteiger partial charge in [0, 0.05) is 0 Å². The van der Waals surface area contributed by atoms with Crippen LogP contribution in [-0.4, -0.2) is 31.5 Å². The van der Waals surface area contributed by atoms with Gasteiger partial charge in [0.05, 0.1) is 0 Å². The second-order valence-corrected chi connectivity index (χ2v) is 20.6. The van der Waals surface area contributed by atoms with Crippen molar-refractivity contribution < 1.29 is 0 Å². The Labute approximate surface area is 244 Å². The van der Waals surface area contributed by atoms with Crippen LogP contribution in [0.2, 0.25) is 0 Å². The Morgan fingerprint density at radius 1 is 0.211 bits per heavy atom. The molecule has 38 heavy (non-hydrogen) atoms. The van der Waals surface area contributed by atoms with E-state index in [1.54, 1.807) is 154 Å². The molecule has 0 aromatic heterocycles. The summed E-state index contributed by atoms with van der Waals surface area (Å²) in [4.78, 5) is 0. The highest BCUT2D eigenvalue weighted by molar-refractivity contribution is 7.99. The largest absolute Gasteiger partial charge is 0.118 e. The zero-order valence-electron chi connectivity index (χ0n) is 25.2. The van der Waals surface area contributed by atoms with Crippen molar-refractivity contribution in [2.24, 2.45) is 11.8 Å². The van der Waals surface area contributed by atoms with Crippen LogP contribution in [-0.2, 0) is 21.8 Å². The molecule has 6 rings (SSSR count). The summed E-state index contributed by atoms with van der Waals surface area (Å²) in [6, 6.07) is 0. The monoisotopic (exact) mass is 560 g/mol. The fraction of sp³-hybridized carbons (Fsp3) is 1.00. The van der Waals surface area contributed by atoms with Crippen molar-refractivity contribution in [2.75, 3.05) is 0 Å². The highest BCUT2D eigenvalue weighted by atomic mass is 32.2. The Hall–Kier alpha value is 0.700. The lowest BCUT2D eigenvalue weighted by Gasteiger charge is -2.41. The van der Waals surface area contributed by atoms with Crippen LogP contribution in [0.4, 0.5) is 0 Å². The molecule has 2 heteroatoms. The first-order valence-corrected chi connectivity index (χ1v) is 21.1. The fourth-order valence-electron chi connectivity index (χ4n) is 10.6. The van der Waals surface area contributed by atoms with E-state index in [1.165, 1.54) is 25.7 Å². The smallest absolute Gasteiger partial charge is 0.0529 e. The molecule has 0 radical (unpaired) electrons. The average Bonchev–Trinajstić information content (AvgIpc) is 3.00. The summed E-state index contributed by atoms with van der Waals surface area (Å²) in [5, 5.41) is 6.83. The Kier molecular flexibility index (Phi) is 11.2. The Bertz CT molecular complexity index is 557. The lowest BCUT2D eigenvalue weighted by atomic mass is 9.73. The topological polar surface area (TPSA) is 0 Å². The molecular formula is C36H64S2+2. The second kappa shape index (κ2) is 14.7. The van der Waals surface area contributed by atoms with Gasteiger partial charge >= 0.3 is 0 Å². The predicted octanol–water partition coefficient (Wildman–Crippen LogP) is 10.7. The fourth-order valence-corrected chi connectivity index (χ4v) is 19.1. The van der Waals surface area contributed by atoms with E-state index in [2.05, 4.69) is 0 Å². The summed E-state index contributed by atoms with van der Waals surface area (Å²) in [5.41, 5.74) is 0. The molecule has 0 bridgehead atoms. The van der Waals surface area contributed by atoms with Gasteiger partial charge in [-0.05, 0) is 188 Å². The van der Waals surface area contributed by atoms with Crippen LogP contribution in [0.5, 0.6) is 0 Å². The van der Waals surface area contributed by atoms with E-state index < -0.39 is 0 Å². The van der Waals surface area contributed by atoms with Crippen molar-refractivity contribution in [1.82, 2.24) is 0 Å². The van der Waals surface area contributed by atoms with Crippen molar-refractivity contribution >= 4 is 21.8 Å². The minimum absolute atomic E-state index is 0.779. The molecule has 6 saturated carbocycles. The first-order valence-electron chi connectivity index (χ1n) is 18.3. The second-order valence-electron chi connectivity index (χ2n) is 14.9. The third kappa shape index (κ3) is 7.18. The highest BCUT2D eigenvalue weighted by Gasteiger charge is 2.49. The van der Waals surface area contributed by atoms with Gasteiger partial charge in [0.2, 0.25) is 0 Å². The zero-order chi connectivity index (χ0) is 25.6. The molecule has 0 atom stereocenters. The maximum atomic E-state index is 1.63. The molecule has 0 spiro atoms. The minimum atomic E-state index is 0.779. The molecule has 0 heterocycles. The maximum absolute atomic E-state index is 1.63. The van der Waals surface area contributed by atoms with Gasteiger partial charge in [-0.3, -0.25) is 0 Å². The minimum Gasteiger partial charge on any atom is -0.0529 e. The molecule has 0 aliphatic heterocycles. The summed E-state index contributed by atoms with van der Waals surface area (Å²) in [5.74, 6) is 2.23. The molecule has 0 saturated heterocycles. The molecule has 0 amide bonds. The van der Waals surface area contributed by atoms with Crippen molar-refractivity contribution in [2.45, 2.75) is 211 Å². The van der Waals surface area contributed by atoms with Crippen LogP contribution in [0.1, 0.15) is 180 Å². The van der Waals surface area contributed by atoms with E-state index in [9.17, 15) is 0 Å². The maximum Gasteiger partial charge on any atom is 0.118 e. The molecule has 6 aliphatic carbocycles. The van der Waals surface area contributed by atoms with Gasteiger partial charge in [-0.25, -0.2) is 0 Å². The van der Waals surface area contributed by atoms with Crippen LogP contribution in [0.3, 0.4) is 0 Å². The van der Waals surface area contributed by atoms with E-state index in [0.717, 1.165) is 65.1 Å². The third-order valence-corrected chi connectivity index (χ3v) is 20.1. The average molecular weight is 561 g/mol. The van der Waals surface area contributed by atoms with Crippen molar-refractivity contribution in [1.29, 1.82) is 0 Å². The summed E-state index contributed by atoms with van der Waals surface area (Å²) >= 11 is 0. The summed E-state index contributed by atoms with van der Waals surface area (Å²) in [6.07, 6.45) is 44.5. The van der Waals surface area contributed by atoms with Crippen LogP contribution in [0.15, 0.2) is 0 Å². The van der Waals surface area contributed by atoms with E-state index in [-0.39, 0.29) is 0 Å². The molecule has 0 unspecified atom stereocenters. The van der Waals surface area contributed by atoms with E-state index >= 15 is 0 Å². The van der Waals surface area contributed by atoms with Gasteiger partial charge in [-0.1, -0.05) is 25.7 Å². The SMILES string of the molecule is C1CCC([S+](C2CCCCC2)C2CCC(C3CCC([S+](C4CCCCC4)C4CCCCC4)CC3)CC2)CC1.